The van der Waals surface area contributed by atoms with Gasteiger partial charge in [0.1, 0.15) is 0 Å². The molecule has 2 atom stereocenters. The van der Waals surface area contributed by atoms with Crippen LogP contribution in [0.1, 0.15) is 26.7 Å². The predicted molar refractivity (Wildman–Crippen MR) is 61.5 cm³/mol. The van der Waals surface area contributed by atoms with E-state index in [1.807, 2.05) is 13.8 Å². The monoisotopic (exact) mass is 213 g/mol. The van der Waals surface area contributed by atoms with Crippen LogP contribution in [0.2, 0.25) is 0 Å². The molecule has 1 aliphatic heterocycles. The summed E-state index contributed by atoms with van der Waals surface area (Å²) in [6.45, 7) is 5.80. The van der Waals surface area contributed by atoms with E-state index in [1.165, 1.54) is 12.8 Å². The second-order valence-corrected chi connectivity index (χ2v) is 4.79. The summed E-state index contributed by atoms with van der Waals surface area (Å²) in [5.41, 5.74) is 5.75. The van der Waals surface area contributed by atoms with Crippen LogP contribution >= 0.6 is 0 Å². The minimum atomic E-state index is -0.378. The van der Waals surface area contributed by atoms with Gasteiger partial charge in [-0.2, -0.15) is 0 Å². The summed E-state index contributed by atoms with van der Waals surface area (Å²) < 4.78 is 0. The van der Waals surface area contributed by atoms with Crippen molar-refractivity contribution in [2.24, 2.45) is 11.7 Å². The van der Waals surface area contributed by atoms with Crippen molar-refractivity contribution in [2.45, 2.75) is 38.8 Å². The minimum Gasteiger partial charge on any atom is -0.353 e. The first-order valence-electron chi connectivity index (χ1n) is 5.76. The third kappa shape index (κ3) is 3.47. The number of nitrogens with two attached hydrogens (primary N) is 1. The molecule has 3 N–H and O–H groups in total. The highest BCUT2D eigenvalue weighted by Gasteiger charge is 2.23. The fraction of sp³-hybridized carbons (Fsp3) is 0.909. The maximum Gasteiger partial charge on any atom is 0.237 e. The Hall–Kier alpha value is -0.610. The molecule has 0 bridgehead atoms. The Morgan fingerprint density at radius 2 is 2.27 bits per heavy atom. The molecule has 0 unspecified atom stereocenters. The highest BCUT2D eigenvalue weighted by atomic mass is 16.2. The maximum absolute atomic E-state index is 11.6. The Kier molecular flexibility index (Phi) is 4.54. The smallest absolute Gasteiger partial charge is 0.237 e. The Morgan fingerprint density at radius 3 is 2.73 bits per heavy atom. The van der Waals surface area contributed by atoms with Gasteiger partial charge in [-0.3, -0.25) is 4.79 Å². The van der Waals surface area contributed by atoms with Crippen LogP contribution in [-0.2, 0) is 4.79 Å². The van der Waals surface area contributed by atoms with Crippen molar-refractivity contribution in [3.05, 3.63) is 0 Å². The fourth-order valence-corrected chi connectivity index (χ4v) is 1.88. The molecule has 1 aliphatic rings. The van der Waals surface area contributed by atoms with Crippen molar-refractivity contribution >= 4 is 5.91 Å². The van der Waals surface area contributed by atoms with Crippen LogP contribution in [0.4, 0.5) is 0 Å². The maximum atomic E-state index is 11.6. The van der Waals surface area contributed by atoms with Crippen molar-refractivity contribution < 1.29 is 4.79 Å². The van der Waals surface area contributed by atoms with Crippen LogP contribution < -0.4 is 11.1 Å². The molecule has 1 saturated heterocycles. The predicted octanol–water partition coefficient (Wildman–Crippen LogP) is 0.180. The summed E-state index contributed by atoms with van der Waals surface area (Å²) in [4.78, 5) is 13.9. The van der Waals surface area contributed by atoms with Gasteiger partial charge in [0, 0.05) is 12.6 Å². The first kappa shape index (κ1) is 12.5. The zero-order valence-corrected chi connectivity index (χ0v) is 9.99. The van der Waals surface area contributed by atoms with Gasteiger partial charge >= 0.3 is 0 Å². The zero-order valence-electron chi connectivity index (χ0n) is 9.99. The number of amides is 1. The number of carbonyl (C=O) groups is 1. The van der Waals surface area contributed by atoms with Crippen molar-refractivity contribution in [2.75, 3.05) is 20.1 Å². The van der Waals surface area contributed by atoms with Crippen LogP contribution in [0.3, 0.4) is 0 Å². The molecule has 0 aromatic heterocycles. The summed E-state index contributed by atoms with van der Waals surface area (Å²) in [6, 6.07) is 0.116. The largest absolute Gasteiger partial charge is 0.353 e. The molecule has 1 heterocycles. The number of hydrogen-bond acceptors (Lipinski definition) is 3. The lowest BCUT2D eigenvalue weighted by Crippen LogP contribution is -2.47. The molecule has 0 aromatic carbocycles. The van der Waals surface area contributed by atoms with Gasteiger partial charge in [-0.1, -0.05) is 13.8 Å². The van der Waals surface area contributed by atoms with Crippen LogP contribution in [0.25, 0.3) is 0 Å². The third-order valence-electron chi connectivity index (χ3n) is 3.20. The Morgan fingerprint density at radius 1 is 1.60 bits per heavy atom. The molecule has 4 nitrogen and oxygen atoms in total. The van der Waals surface area contributed by atoms with Crippen LogP contribution in [0.15, 0.2) is 0 Å². The van der Waals surface area contributed by atoms with E-state index in [9.17, 15) is 4.79 Å². The first-order valence-corrected chi connectivity index (χ1v) is 5.76. The molecule has 0 spiro atoms. The van der Waals surface area contributed by atoms with E-state index in [0.29, 0.717) is 6.04 Å². The average Bonchev–Trinajstić information content (AvgIpc) is 2.59. The van der Waals surface area contributed by atoms with Gasteiger partial charge in [-0.25, -0.2) is 0 Å². The third-order valence-corrected chi connectivity index (χ3v) is 3.20. The van der Waals surface area contributed by atoms with E-state index in [-0.39, 0.29) is 17.9 Å². The molecule has 1 amide bonds. The second kappa shape index (κ2) is 5.47. The van der Waals surface area contributed by atoms with Crippen molar-refractivity contribution in [3.8, 4) is 0 Å². The van der Waals surface area contributed by atoms with Crippen molar-refractivity contribution in [3.63, 3.8) is 0 Å². The molecular weight excluding hydrogens is 190 g/mol. The number of likely N-dealkylation sites (tertiary alicyclic amines) is 1. The average molecular weight is 213 g/mol. The molecule has 0 saturated carbocycles. The molecule has 0 aromatic rings. The SMILES string of the molecule is CC(C)[C@H](N)C(=O)NC[C@@H]1CCCN1C. The molecule has 15 heavy (non-hydrogen) atoms. The first-order chi connectivity index (χ1) is 7.02. The van der Waals surface area contributed by atoms with Crippen LogP contribution in [-0.4, -0.2) is 43.0 Å². The topological polar surface area (TPSA) is 58.4 Å². The Balaban J connectivity index is 2.27. The molecule has 1 fully saturated rings. The zero-order chi connectivity index (χ0) is 11.4. The van der Waals surface area contributed by atoms with Gasteiger partial charge in [0.15, 0.2) is 0 Å². The Labute approximate surface area is 92.2 Å². The highest BCUT2D eigenvalue weighted by Crippen LogP contribution is 2.13. The van der Waals surface area contributed by atoms with Crippen molar-refractivity contribution in [1.82, 2.24) is 10.2 Å². The van der Waals surface area contributed by atoms with Crippen LogP contribution in [0, 0.1) is 5.92 Å². The van der Waals surface area contributed by atoms with E-state index in [1.54, 1.807) is 0 Å². The van der Waals surface area contributed by atoms with Gasteiger partial charge in [-0.15, -0.1) is 0 Å². The lowest BCUT2D eigenvalue weighted by Gasteiger charge is -2.21. The fourth-order valence-electron chi connectivity index (χ4n) is 1.88. The number of carbonyl (C=O) groups excluding carboxylic acids is 1. The van der Waals surface area contributed by atoms with Gasteiger partial charge in [0.25, 0.3) is 0 Å². The molecule has 0 radical (unpaired) electrons. The van der Waals surface area contributed by atoms with E-state index in [2.05, 4.69) is 17.3 Å². The van der Waals surface area contributed by atoms with Gasteiger partial charge < -0.3 is 16.0 Å². The summed E-state index contributed by atoms with van der Waals surface area (Å²) in [6.07, 6.45) is 2.40. The lowest BCUT2D eigenvalue weighted by molar-refractivity contribution is -0.123. The number of rotatable bonds is 4. The van der Waals surface area contributed by atoms with E-state index < -0.39 is 0 Å². The van der Waals surface area contributed by atoms with E-state index in [0.717, 1.165) is 13.1 Å². The summed E-state index contributed by atoms with van der Waals surface area (Å²) in [7, 11) is 2.10. The van der Waals surface area contributed by atoms with Gasteiger partial charge in [0.05, 0.1) is 6.04 Å². The number of likely N-dealkylation sites (N-methyl/N-ethyl adjacent to an activating group) is 1. The summed E-state index contributed by atoms with van der Waals surface area (Å²) in [5.74, 6) is 0.177. The number of nitrogens with one attached hydrogen (secondary N) is 1. The van der Waals surface area contributed by atoms with Gasteiger partial charge in [0.2, 0.25) is 5.91 Å². The van der Waals surface area contributed by atoms with Gasteiger partial charge in [-0.05, 0) is 32.4 Å². The standard InChI is InChI=1S/C11H23N3O/c1-8(2)10(12)11(15)13-7-9-5-4-6-14(9)3/h8-10H,4-7,12H2,1-3H3,(H,13,15)/t9-,10-/m0/s1. The second-order valence-electron chi connectivity index (χ2n) is 4.79. The molecule has 88 valence electrons. The van der Waals surface area contributed by atoms with E-state index in [4.69, 9.17) is 5.73 Å². The van der Waals surface area contributed by atoms with Crippen molar-refractivity contribution in [1.29, 1.82) is 0 Å². The van der Waals surface area contributed by atoms with Crippen LogP contribution in [0.5, 0.6) is 0 Å². The molecule has 0 aliphatic carbocycles. The minimum absolute atomic E-state index is 0.0229. The molecule has 1 rings (SSSR count). The summed E-state index contributed by atoms with van der Waals surface area (Å²) >= 11 is 0. The molecule has 4 heteroatoms. The number of nitrogens with zero attached hydrogens (tertiary/aromatic N) is 1. The normalized spacial score (nSPS) is 24.5. The Bertz CT molecular complexity index is 218. The highest BCUT2D eigenvalue weighted by molar-refractivity contribution is 5.81. The molecular formula is C11H23N3O. The number of hydrogen-bond donors (Lipinski definition) is 2. The lowest BCUT2D eigenvalue weighted by atomic mass is 10.0. The summed E-state index contributed by atoms with van der Waals surface area (Å²) in [5, 5.41) is 2.93. The quantitative estimate of drug-likeness (QED) is 0.700. The van der Waals surface area contributed by atoms with E-state index >= 15 is 0 Å².